The lowest BCUT2D eigenvalue weighted by Gasteiger charge is -2.25. The smallest absolute Gasteiger partial charge is 0.330 e. The highest BCUT2D eigenvalue weighted by Gasteiger charge is 2.40. The number of nitrogens with zero attached hydrogens (tertiary/aromatic N) is 1. The maximum absolute atomic E-state index is 12.1. The highest BCUT2D eigenvalue weighted by molar-refractivity contribution is 4.74. The number of alkyl halides is 3. The Balaban J connectivity index is 4.10. The van der Waals surface area contributed by atoms with Crippen molar-refractivity contribution in [1.29, 1.82) is 0 Å². The Morgan fingerprint density at radius 2 is 1.82 bits per heavy atom. The Bertz CT molecular complexity index is 111. The molecule has 11 heavy (non-hydrogen) atoms. The number of nitrogens with two attached hydrogens (primary N) is 1. The first-order chi connectivity index (χ1) is 4.89. The van der Waals surface area contributed by atoms with Gasteiger partial charge in [-0.2, -0.15) is 13.2 Å². The maximum Gasteiger partial charge on any atom is 0.404 e. The van der Waals surface area contributed by atoms with Crippen LogP contribution in [0.3, 0.4) is 0 Å². The van der Waals surface area contributed by atoms with Gasteiger partial charge in [0.05, 0.1) is 0 Å². The first kappa shape index (κ1) is 10.7. The van der Waals surface area contributed by atoms with Crippen molar-refractivity contribution < 1.29 is 13.2 Å². The molecule has 0 radical (unpaired) electrons. The third-order valence-corrected chi connectivity index (χ3v) is 1.44. The summed E-state index contributed by atoms with van der Waals surface area (Å²) in [6, 6.07) is -1.41. The lowest BCUT2D eigenvalue weighted by atomic mass is 10.2. The van der Waals surface area contributed by atoms with Gasteiger partial charge in [0, 0.05) is 0 Å². The maximum atomic E-state index is 12.1. The molecule has 0 aromatic rings. The van der Waals surface area contributed by atoms with Crippen molar-refractivity contribution in [3.63, 3.8) is 0 Å². The summed E-state index contributed by atoms with van der Waals surface area (Å²) in [6.45, 7) is 0.0579. The van der Waals surface area contributed by atoms with E-state index < -0.39 is 12.2 Å². The highest BCUT2D eigenvalue weighted by Crippen LogP contribution is 2.24. The molecule has 1 atom stereocenters. The van der Waals surface area contributed by atoms with Crippen LogP contribution in [0.5, 0.6) is 0 Å². The van der Waals surface area contributed by atoms with E-state index in [0.717, 1.165) is 4.90 Å². The summed E-state index contributed by atoms with van der Waals surface area (Å²) in [7, 11) is 2.79. The van der Waals surface area contributed by atoms with Crippen LogP contribution in [0.2, 0.25) is 0 Å². The molecule has 0 saturated heterocycles. The molecular weight excluding hydrogens is 157 g/mol. The van der Waals surface area contributed by atoms with Crippen LogP contribution in [-0.4, -0.2) is 37.8 Å². The molecule has 2 N–H and O–H groups in total. The average Bonchev–Trinajstić information content (AvgIpc) is 1.79. The summed E-state index contributed by atoms with van der Waals surface area (Å²) >= 11 is 0. The zero-order chi connectivity index (χ0) is 9.07. The summed E-state index contributed by atoms with van der Waals surface area (Å²) in [4.78, 5) is 1.13. The second kappa shape index (κ2) is 3.92. The summed E-state index contributed by atoms with van der Waals surface area (Å²) < 4.78 is 36.2. The molecule has 68 valence electrons. The molecular formula is C6H13F3N2. The third kappa shape index (κ3) is 3.57. The van der Waals surface area contributed by atoms with Crippen LogP contribution >= 0.6 is 0 Å². The molecule has 0 aromatic heterocycles. The van der Waals surface area contributed by atoms with Crippen LogP contribution in [-0.2, 0) is 0 Å². The SMILES string of the molecule is CN(C)[C@H](CCN)C(F)(F)F. The van der Waals surface area contributed by atoms with Crippen molar-refractivity contribution in [3.05, 3.63) is 0 Å². The molecule has 0 fully saturated rings. The van der Waals surface area contributed by atoms with Crippen LogP contribution in [0.15, 0.2) is 0 Å². The Labute approximate surface area is 64.2 Å². The van der Waals surface area contributed by atoms with Gasteiger partial charge in [0.1, 0.15) is 6.04 Å². The van der Waals surface area contributed by atoms with E-state index in [4.69, 9.17) is 5.73 Å². The van der Waals surface area contributed by atoms with Gasteiger partial charge < -0.3 is 5.73 Å². The van der Waals surface area contributed by atoms with Crippen LogP contribution in [0, 0.1) is 0 Å². The van der Waals surface area contributed by atoms with Gasteiger partial charge in [-0.3, -0.25) is 4.90 Å². The number of rotatable bonds is 3. The molecule has 5 heteroatoms. The molecule has 0 spiro atoms. The molecule has 0 bridgehead atoms. The van der Waals surface area contributed by atoms with Crippen molar-refractivity contribution in [2.45, 2.75) is 18.6 Å². The van der Waals surface area contributed by atoms with Crippen LogP contribution in [0.4, 0.5) is 13.2 Å². The quantitative estimate of drug-likeness (QED) is 0.679. The van der Waals surface area contributed by atoms with E-state index in [1.54, 1.807) is 0 Å². The van der Waals surface area contributed by atoms with Crippen molar-refractivity contribution in [2.24, 2.45) is 5.73 Å². The Kier molecular flexibility index (Phi) is 3.82. The summed E-state index contributed by atoms with van der Waals surface area (Å²) in [5, 5.41) is 0. The Morgan fingerprint density at radius 1 is 1.36 bits per heavy atom. The van der Waals surface area contributed by atoms with Gasteiger partial charge in [-0.15, -0.1) is 0 Å². The molecule has 0 saturated carbocycles. The van der Waals surface area contributed by atoms with E-state index in [-0.39, 0.29) is 13.0 Å². The van der Waals surface area contributed by atoms with Gasteiger partial charge in [0.25, 0.3) is 0 Å². The highest BCUT2D eigenvalue weighted by atomic mass is 19.4. The molecule has 2 nitrogen and oxygen atoms in total. The van der Waals surface area contributed by atoms with E-state index in [2.05, 4.69) is 0 Å². The fraction of sp³-hybridized carbons (Fsp3) is 1.00. The lowest BCUT2D eigenvalue weighted by Crippen LogP contribution is -2.42. The molecule has 0 aliphatic rings. The van der Waals surface area contributed by atoms with Gasteiger partial charge in [-0.25, -0.2) is 0 Å². The second-order valence-corrected chi connectivity index (χ2v) is 2.60. The molecule has 0 aliphatic heterocycles. The second-order valence-electron chi connectivity index (χ2n) is 2.60. The number of halogens is 3. The van der Waals surface area contributed by atoms with Gasteiger partial charge in [-0.05, 0) is 27.1 Å². The van der Waals surface area contributed by atoms with Crippen molar-refractivity contribution >= 4 is 0 Å². The normalized spacial score (nSPS) is 15.5. The van der Waals surface area contributed by atoms with Crippen LogP contribution in [0.1, 0.15) is 6.42 Å². The minimum Gasteiger partial charge on any atom is -0.330 e. The summed E-state index contributed by atoms with van der Waals surface area (Å²) in [6.07, 6.45) is -4.21. The fourth-order valence-electron chi connectivity index (χ4n) is 0.873. The van der Waals surface area contributed by atoms with E-state index in [0.29, 0.717) is 0 Å². The lowest BCUT2D eigenvalue weighted by molar-refractivity contribution is -0.178. The largest absolute Gasteiger partial charge is 0.404 e. The minimum absolute atomic E-state index is 0.0451. The van der Waals surface area contributed by atoms with E-state index >= 15 is 0 Å². The molecule has 0 amide bonds. The van der Waals surface area contributed by atoms with Gasteiger partial charge >= 0.3 is 6.18 Å². The van der Waals surface area contributed by atoms with Gasteiger partial charge in [0.2, 0.25) is 0 Å². The summed E-state index contributed by atoms with van der Waals surface area (Å²) in [5.74, 6) is 0. The van der Waals surface area contributed by atoms with Crippen molar-refractivity contribution in [1.82, 2.24) is 4.90 Å². The average molecular weight is 170 g/mol. The molecule has 0 aliphatic carbocycles. The predicted octanol–water partition coefficient (Wildman–Crippen LogP) is 0.828. The van der Waals surface area contributed by atoms with E-state index in [9.17, 15) is 13.2 Å². The standard InChI is InChI=1S/C6H13F3N2/c1-11(2)5(3-4-10)6(7,8)9/h5H,3-4,10H2,1-2H3/t5-/m1/s1. The fourth-order valence-corrected chi connectivity index (χ4v) is 0.873. The molecule has 0 heterocycles. The van der Waals surface area contributed by atoms with Crippen molar-refractivity contribution in [2.75, 3.05) is 20.6 Å². The van der Waals surface area contributed by atoms with Crippen LogP contribution in [0.25, 0.3) is 0 Å². The minimum atomic E-state index is -4.16. The molecule has 0 aromatic carbocycles. The zero-order valence-electron chi connectivity index (χ0n) is 6.65. The van der Waals surface area contributed by atoms with E-state index in [1.165, 1.54) is 14.1 Å². The Hall–Kier alpha value is -0.290. The Morgan fingerprint density at radius 3 is 1.91 bits per heavy atom. The molecule has 0 unspecified atom stereocenters. The van der Waals surface area contributed by atoms with Crippen molar-refractivity contribution in [3.8, 4) is 0 Å². The first-order valence-corrected chi connectivity index (χ1v) is 3.32. The number of hydrogen-bond donors (Lipinski definition) is 1. The predicted molar refractivity (Wildman–Crippen MR) is 37.2 cm³/mol. The summed E-state index contributed by atoms with van der Waals surface area (Å²) in [5.41, 5.74) is 5.04. The molecule has 0 rings (SSSR count). The van der Waals surface area contributed by atoms with Crippen LogP contribution < -0.4 is 5.73 Å². The van der Waals surface area contributed by atoms with E-state index in [1.807, 2.05) is 0 Å². The zero-order valence-corrected chi connectivity index (χ0v) is 6.65. The first-order valence-electron chi connectivity index (χ1n) is 3.32. The van der Waals surface area contributed by atoms with Gasteiger partial charge in [-0.1, -0.05) is 0 Å². The number of hydrogen-bond acceptors (Lipinski definition) is 2. The monoisotopic (exact) mass is 170 g/mol. The third-order valence-electron chi connectivity index (χ3n) is 1.44. The van der Waals surface area contributed by atoms with Gasteiger partial charge in [0.15, 0.2) is 0 Å². The topological polar surface area (TPSA) is 29.3 Å².